The Morgan fingerprint density at radius 1 is 0.622 bits per heavy atom. The maximum absolute atomic E-state index is 7.50. The van der Waals surface area contributed by atoms with Crippen molar-refractivity contribution in [3.8, 4) is 0 Å². The summed E-state index contributed by atoms with van der Waals surface area (Å²) in [6, 6.07) is 10.7. The van der Waals surface area contributed by atoms with E-state index in [1.54, 1.807) is 0 Å². The molecule has 0 heterocycles. The molecule has 2 aliphatic rings. The van der Waals surface area contributed by atoms with E-state index in [4.69, 9.17) is 27.9 Å². The molecule has 0 spiro atoms. The summed E-state index contributed by atoms with van der Waals surface area (Å²) >= 11 is 0. The van der Waals surface area contributed by atoms with Crippen LogP contribution in [0, 0.1) is 69.5 Å². The summed E-state index contributed by atoms with van der Waals surface area (Å²) in [6.45, 7) is 39.1. The van der Waals surface area contributed by atoms with Crippen molar-refractivity contribution in [3.05, 3.63) is 70.2 Å². The first-order valence-corrected chi connectivity index (χ1v) is 13.1. The molecule has 205 valence electrons. The largest absolute Gasteiger partial charge is 1.00 e. The summed E-state index contributed by atoms with van der Waals surface area (Å²) in [4.78, 5) is 0. The van der Waals surface area contributed by atoms with Crippen molar-refractivity contribution >= 4 is 14.0 Å². The van der Waals surface area contributed by atoms with E-state index in [0.717, 1.165) is 29.6 Å². The molecule has 1 aromatic carbocycles. The Morgan fingerprint density at radius 3 is 1.16 bits per heavy atom. The molecule has 0 saturated heterocycles. The van der Waals surface area contributed by atoms with Gasteiger partial charge in [-0.05, 0) is 55.3 Å². The predicted octanol–water partition coefficient (Wildman–Crippen LogP) is 5.52. The van der Waals surface area contributed by atoms with E-state index in [-0.39, 0.29) is 67.2 Å². The first kappa shape index (κ1) is 56.8. The van der Waals surface area contributed by atoms with Crippen LogP contribution in [0.2, 0.25) is 13.1 Å². The van der Waals surface area contributed by atoms with Gasteiger partial charge in [0.25, 0.3) is 0 Å². The minimum Gasteiger partial charge on any atom is 0 e. The monoisotopic (exact) mass is 789 g/mol. The third kappa shape index (κ3) is 28.6. The number of hydrogen-bond acceptors (Lipinski definition) is 0. The molecule has 2 saturated carbocycles. The standard InChI is InChI=1S/C13H24.C8H11Si.6CO.3Ru/c1-9-7-10(2)12-5-4-6-13(12)11(3)8-9;1-9(2)8-6-4-3-5-7-8;6*1-2;;;/h9-13H,4-8H2,1-3H3;3-7H,1-2H3;;;;;;;;;/q;;;;;;;;;2*+1. The second kappa shape index (κ2) is 45.7. The predicted molar refractivity (Wildman–Crippen MR) is 125 cm³/mol. The fraction of sp³-hybridized carbons (Fsp3) is 0.556. The Bertz CT molecular complexity index is 626. The first-order chi connectivity index (χ1) is 16.5. The fourth-order valence-corrected chi connectivity index (χ4v) is 5.78. The number of hydrogen-bond donors (Lipinski definition) is 0. The third-order valence-corrected chi connectivity index (χ3v) is 7.47. The van der Waals surface area contributed by atoms with E-state index in [1.807, 2.05) is 0 Å². The van der Waals surface area contributed by atoms with E-state index in [9.17, 15) is 0 Å². The molecule has 0 amide bonds. The molecule has 0 bridgehead atoms. The average molecular weight is 787 g/mol. The first-order valence-electron chi connectivity index (χ1n) is 10.6. The van der Waals surface area contributed by atoms with Gasteiger partial charge in [0, 0.05) is 19.5 Å². The van der Waals surface area contributed by atoms with E-state index in [0.29, 0.717) is 0 Å². The molecule has 2 fully saturated rings. The van der Waals surface area contributed by atoms with Crippen molar-refractivity contribution in [3.63, 3.8) is 0 Å². The minimum absolute atomic E-state index is 0. The molecule has 3 rings (SSSR count). The fourth-order valence-electron chi connectivity index (χ4n) is 4.92. The molecular weight excluding hydrogens is 752 g/mol. The van der Waals surface area contributed by atoms with E-state index >= 15 is 0 Å². The molecule has 2 aliphatic carbocycles. The smallest absolute Gasteiger partial charge is 0 e. The van der Waals surface area contributed by atoms with Crippen molar-refractivity contribution in [2.75, 3.05) is 0 Å². The Labute approximate surface area is 264 Å². The van der Waals surface area contributed by atoms with Crippen LogP contribution < -0.4 is 5.19 Å². The number of fused-ring (bicyclic) bond motifs is 1. The second-order valence-electron chi connectivity index (χ2n) is 8.16. The van der Waals surface area contributed by atoms with Gasteiger partial charge in [-0.3, -0.25) is 0 Å². The van der Waals surface area contributed by atoms with Crippen LogP contribution in [0.5, 0.6) is 0 Å². The Hall–Kier alpha value is -0.253. The van der Waals surface area contributed by atoms with Crippen LogP contribution in [-0.2, 0) is 86.3 Å². The van der Waals surface area contributed by atoms with E-state index in [2.05, 4.69) is 104 Å². The van der Waals surface area contributed by atoms with Gasteiger partial charge in [-0.1, -0.05) is 75.8 Å². The molecule has 3 radical (unpaired) electrons. The van der Waals surface area contributed by atoms with Crippen LogP contribution in [0.3, 0.4) is 0 Å². The molecular formula is C27H35O6Ru3Si+2. The van der Waals surface area contributed by atoms with E-state index < -0.39 is 0 Å². The normalized spacial score (nSPS) is 20.9. The summed E-state index contributed by atoms with van der Waals surface area (Å²) in [5.41, 5.74) is 0. The average Bonchev–Trinajstić information content (AvgIpc) is 3.39. The van der Waals surface area contributed by atoms with Crippen LogP contribution >= 0.6 is 0 Å². The van der Waals surface area contributed by atoms with Crippen LogP contribution in [0.15, 0.2) is 30.3 Å². The Kier molecular flexibility index (Phi) is 70.1. The Morgan fingerprint density at radius 2 is 0.919 bits per heavy atom. The molecule has 6 nitrogen and oxygen atoms in total. The maximum Gasteiger partial charge on any atom is 1.00 e. The van der Waals surface area contributed by atoms with Crippen LogP contribution in [0.4, 0.5) is 0 Å². The summed E-state index contributed by atoms with van der Waals surface area (Å²) in [7, 11) is -0.212. The molecule has 0 aliphatic heterocycles. The summed E-state index contributed by atoms with van der Waals surface area (Å²) in [5.74, 6) is 5.16. The van der Waals surface area contributed by atoms with Crippen LogP contribution in [0.1, 0.15) is 52.9 Å². The topological polar surface area (TPSA) is 119 Å². The summed E-state index contributed by atoms with van der Waals surface area (Å²) in [6.07, 6.45) is 7.56. The number of rotatable bonds is 1. The van der Waals surface area contributed by atoms with Gasteiger partial charge in [0.05, 0.1) is 8.80 Å². The SMILES string of the molecule is CC1CC(C)C2CCCC2C(C)C1.C[Si](C)c1ccccc1.[C-]#[O+].[C-]#[O+].[C-]#[O+].[C-]#[O+].[C-]#[O+].[C-]#[O+].[Ru+].[Ru+].[Ru]. The quantitative estimate of drug-likeness (QED) is 0.203. The minimum atomic E-state index is -0.212. The van der Waals surface area contributed by atoms with Gasteiger partial charge in [-0.2, -0.15) is 0 Å². The number of benzene rings is 1. The van der Waals surface area contributed by atoms with E-state index in [1.165, 1.54) is 37.3 Å². The zero-order valence-corrected chi connectivity index (χ0v) is 28.0. The van der Waals surface area contributed by atoms with Crippen LogP contribution in [0.25, 0.3) is 0 Å². The maximum atomic E-state index is 7.50. The third-order valence-electron chi connectivity index (χ3n) is 5.99. The molecule has 37 heavy (non-hydrogen) atoms. The second-order valence-corrected chi connectivity index (χ2v) is 10.7. The van der Waals surface area contributed by atoms with Gasteiger partial charge < -0.3 is 0 Å². The zero-order chi connectivity index (χ0) is 28.1. The van der Waals surface area contributed by atoms with Crippen molar-refractivity contribution in [2.24, 2.45) is 29.6 Å². The van der Waals surface area contributed by atoms with Gasteiger partial charge in [0.2, 0.25) is 0 Å². The molecule has 0 aromatic heterocycles. The van der Waals surface area contributed by atoms with Gasteiger partial charge in [-0.15, -0.1) is 0 Å². The zero-order valence-electron chi connectivity index (χ0n) is 21.8. The van der Waals surface area contributed by atoms with Gasteiger partial charge in [0.1, 0.15) is 0 Å². The molecule has 1 aromatic rings. The van der Waals surface area contributed by atoms with Crippen molar-refractivity contribution in [1.29, 1.82) is 0 Å². The molecule has 4 unspecified atom stereocenters. The molecule has 0 N–H and O–H groups in total. The summed E-state index contributed by atoms with van der Waals surface area (Å²) < 4.78 is 45.0. The van der Waals surface area contributed by atoms with Crippen molar-refractivity contribution in [2.45, 2.75) is 66.0 Å². The Balaban J connectivity index is -0.0000000520. The van der Waals surface area contributed by atoms with Gasteiger partial charge >= 0.3 is 107 Å². The van der Waals surface area contributed by atoms with Gasteiger partial charge in [-0.25, -0.2) is 0 Å². The van der Waals surface area contributed by atoms with Crippen LogP contribution in [-0.4, -0.2) is 8.80 Å². The molecule has 4 atom stereocenters. The molecule has 10 heteroatoms. The van der Waals surface area contributed by atoms with Gasteiger partial charge in [0.15, 0.2) is 0 Å². The van der Waals surface area contributed by atoms with Crippen molar-refractivity contribution < 1.29 is 86.3 Å². The van der Waals surface area contributed by atoms with Crippen molar-refractivity contribution in [1.82, 2.24) is 0 Å². The summed E-state index contributed by atoms with van der Waals surface area (Å²) in [5, 5.41) is 1.52.